The first-order chi connectivity index (χ1) is 16.7. The van der Waals surface area contributed by atoms with Gasteiger partial charge in [-0.2, -0.15) is 0 Å². The van der Waals surface area contributed by atoms with Gasteiger partial charge in [0.05, 0.1) is 7.11 Å². The van der Waals surface area contributed by atoms with Gasteiger partial charge in [0.2, 0.25) is 0 Å². The summed E-state index contributed by atoms with van der Waals surface area (Å²) in [5.74, 6) is -1.83. The van der Waals surface area contributed by atoms with E-state index in [0.29, 0.717) is 11.3 Å². The lowest BCUT2D eigenvalue weighted by Gasteiger charge is -2.14. The van der Waals surface area contributed by atoms with E-state index in [-0.39, 0.29) is 35.7 Å². The van der Waals surface area contributed by atoms with Crippen LogP contribution in [0.3, 0.4) is 0 Å². The van der Waals surface area contributed by atoms with Gasteiger partial charge in [0.1, 0.15) is 18.5 Å². The van der Waals surface area contributed by atoms with Crippen LogP contribution < -0.4 is 10.1 Å². The number of aromatic hydroxyl groups is 1. The van der Waals surface area contributed by atoms with Crippen LogP contribution in [-0.4, -0.2) is 46.3 Å². The highest BCUT2D eigenvalue weighted by atomic mass is 32.8. The summed E-state index contributed by atoms with van der Waals surface area (Å²) >= 11 is 4.55. The molecule has 3 rings (SSSR count). The van der Waals surface area contributed by atoms with Crippen molar-refractivity contribution in [3.8, 4) is 11.5 Å². The fourth-order valence-electron chi connectivity index (χ4n) is 2.81. The molecule has 0 aliphatic carbocycles. The number of aromatic nitrogens is 1. The van der Waals surface area contributed by atoms with Crippen molar-refractivity contribution in [1.82, 2.24) is 10.3 Å². The predicted molar refractivity (Wildman–Crippen MR) is 133 cm³/mol. The Hall–Kier alpha value is -3.41. The average Bonchev–Trinajstić information content (AvgIpc) is 2.84. The number of halogens is 1. The minimum Gasteiger partial charge on any atom is -0.503 e. The maximum Gasteiger partial charge on any atom is 0.325 e. The fourth-order valence-corrected chi connectivity index (χ4v) is 3.51. The Morgan fingerprint density at radius 2 is 1.80 bits per heavy atom. The van der Waals surface area contributed by atoms with Crippen molar-refractivity contribution in [2.45, 2.75) is 24.3 Å². The molecule has 0 aliphatic rings. The summed E-state index contributed by atoms with van der Waals surface area (Å²) in [6, 6.07) is 16.6. The van der Waals surface area contributed by atoms with Crippen molar-refractivity contribution in [2.24, 2.45) is 0 Å². The third-order valence-corrected chi connectivity index (χ3v) is 5.68. The van der Waals surface area contributed by atoms with Crippen LogP contribution in [0.25, 0.3) is 0 Å². The molecule has 1 heterocycles. The van der Waals surface area contributed by atoms with Crippen LogP contribution in [0.2, 0.25) is 0 Å². The normalized spacial score (nSPS) is 11.9. The number of carbonyl (C=O) groups is 2. The van der Waals surface area contributed by atoms with E-state index >= 15 is 0 Å². The minimum atomic E-state index is -1.17. The first-order valence-electron chi connectivity index (χ1n) is 10.3. The smallest absolute Gasteiger partial charge is 0.325 e. The van der Waals surface area contributed by atoms with E-state index in [1.165, 1.54) is 43.6 Å². The predicted octanol–water partition coefficient (Wildman–Crippen LogP) is 3.44. The van der Waals surface area contributed by atoms with E-state index in [1.807, 2.05) is 30.3 Å². The van der Waals surface area contributed by atoms with E-state index in [0.717, 1.165) is 5.56 Å². The van der Waals surface area contributed by atoms with Gasteiger partial charge in [-0.1, -0.05) is 30.3 Å². The third kappa shape index (κ3) is 9.39. The Morgan fingerprint density at radius 3 is 2.40 bits per heavy atom. The van der Waals surface area contributed by atoms with E-state index in [2.05, 4.69) is 21.5 Å². The van der Waals surface area contributed by atoms with Crippen LogP contribution >= 0.6 is 0 Å². The Balaban J connectivity index is 0.000000360. The first kappa shape index (κ1) is 27.8. The summed E-state index contributed by atoms with van der Waals surface area (Å²) in [6.07, 6.45) is 1.59. The number of methoxy groups -OCH3 is 1. The standard InChI is InChI=1S/C18H20N2O5.C6H5FOS2/c1-12(10-13-6-4-3-5-7-13)25-15(21)11-20-18(23)16-17(22)14(24-2)8-9-19-16;7-5-1-3-6(4-2-5)10(8)9/h3-9,12,22H,10-11H2,1-2H3,(H,20,23);1-4H,(H,8,9). The van der Waals surface area contributed by atoms with Crippen LogP contribution in [-0.2, 0) is 36.9 Å². The molecule has 35 heavy (non-hydrogen) atoms. The molecule has 1 amide bonds. The highest BCUT2D eigenvalue weighted by Crippen LogP contribution is 2.27. The number of hydrogen-bond donors (Lipinski definition) is 3. The molecule has 0 fully saturated rings. The first-order valence-corrected chi connectivity index (χ1v) is 12.4. The molecule has 11 heteroatoms. The summed E-state index contributed by atoms with van der Waals surface area (Å²) in [7, 11) is 0.193. The van der Waals surface area contributed by atoms with Crippen molar-refractivity contribution in [1.29, 1.82) is 0 Å². The lowest BCUT2D eigenvalue weighted by atomic mass is 10.1. The second kappa shape index (κ2) is 14.1. The molecule has 1 aromatic heterocycles. The van der Waals surface area contributed by atoms with E-state index in [9.17, 15) is 19.1 Å². The Morgan fingerprint density at radius 1 is 1.14 bits per heavy atom. The summed E-state index contributed by atoms with van der Waals surface area (Å²) < 4.78 is 31.2. The Bertz CT molecular complexity index is 1150. The van der Waals surface area contributed by atoms with Crippen LogP contribution in [0.5, 0.6) is 11.5 Å². The summed E-state index contributed by atoms with van der Waals surface area (Å²) in [5, 5.41) is 12.2. The lowest BCUT2D eigenvalue weighted by molar-refractivity contribution is -0.146. The summed E-state index contributed by atoms with van der Waals surface area (Å²) in [6.45, 7) is 1.46. The number of ether oxygens (including phenoxy) is 2. The van der Waals surface area contributed by atoms with Crippen molar-refractivity contribution in [2.75, 3.05) is 13.7 Å². The van der Waals surface area contributed by atoms with Crippen LogP contribution in [0, 0.1) is 5.82 Å². The van der Waals surface area contributed by atoms with Crippen LogP contribution in [0.1, 0.15) is 23.0 Å². The molecule has 0 bridgehead atoms. The number of benzene rings is 2. The molecule has 0 aliphatic heterocycles. The number of esters is 1. The topological polar surface area (TPSA) is 118 Å². The summed E-state index contributed by atoms with van der Waals surface area (Å²) in [5.41, 5.74) is 0.835. The average molecular weight is 521 g/mol. The number of hydrogen-bond acceptors (Lipinski definition) is 7. The van der Waals surface area contributed by atoms with Gasteiger partial charge in [-0.25, -0.2) is 9.37 Å². The van der Waals surface area contributed by atoms with Gasteiger partial charge in [-0.15, -0.1) is 0 Å². The van der Waals surface area contributed by atoms with Gasteiger partial charge in [-0.05, 0) is 47.9 Å². The Kier molecular flexibility index (Phi) is 11.2. The monoisotopic (exact) mass is 520 g/mol. The van der Waals surface area contributed by atoms with Crippen molar-refractivity contribution >= 4 is 32.8 Å². The molecule has 0 radical (unpaired) electrons. The number of carbonyl (C=O) groups excluding carboxylic acids is 2. The second-order valence-electron chi connectivity index (χ2n) is 7.09. The zero-order valence-electron chi connectivity index (χ0n) is 19.0. The van der Waals surface area contributed by atoms with Crippen molar-refractivity contribution < 1.29 is 33.1 Å². The molecule has 3 N–H and O–H groups in total. The molecule has 186 valence electrons. The number of rotatable bonds is 8. The molecule has 0 saturated heterocycles. The Labute approximate surface area is 209 Å². The number of nitrogens with zero attached hydrogens (tertiary/aromatic N) is 1. The van der Waals surface area contributed by atoms with Gasteiger partial charge in [-0.3, -0.25) is 9.59 Å². The highest BCUT2D eigenvalue weighted by molar-refractivity contribution is 8.25. The SMILES string of the molecule is COc1ccnc(C(=O)NCC(=O)OC(C)Cc2ccccc2)c1O.OS(=S)c1ccc(F)cc1. The highest BCUT2D eigenvalue weighted by Gasteiger charge is 2.18. The van der Waals surface area contributed by atoms with Gasteiger partial charge in [0.15, 0.2) is 17.2 Å². The van der Waals surface area contributed by atoms with Gasteiger partial charge in [0.25, 0.3) is 5.91 Å². The largest absolute Gasteiger partial charge is 0.503 e. The number of nitrogens with one attached hydrogen (secondary N) is 1. The van der Waals surface area contributed by atoms with E-state index < -0.39 is 21.6 Å². The third-order valence-electron chi connectivity index (χ3n) is 4.43. The molecular formula is C24H25FN2O6S2. The molecule has 2 unspecified atom stereocenters. The van der Waals surface area contributed by atoms with Crippen LogP contribution in [0.15, 0.2) is 71.8 Å². The quantitative estimate of drug-likeness (QED) is 0.387. The van der Waals surface area contributed by atoms with E-state index in [4.69, 9.17) is 14.0 Å². The molecule has 0 saturated carbocycles. The maximum absolute atomic E-state index is 12.2. The fraction of sp³-hybridized carbons (Fsp3) is 0.208. The number of pyridine rings is 1. The maximum atomic E-state index is 12.2. The molecule has 0 spiro atoms. The van der Waals surface area contributed by atoms with Crippen molar-refractivity contribution in [3.63, 3.8) is 0 Å². The molecular weight excluding hydrogens is 495 g/mol. The van der Waals surface area contributed by atoms with Gasteiger partial charge in [0, 0.05) is 33.3 Å². The molecule has 2 aromatic carbocycles. The number of amides is 1. The van der Waals surface area contributed by atoms with Gasteiger partial charge >= 0.3 is 5.97 Å². The zero-order chi connectivity index (χ0) is 25.8. The lowest BCUT2D eigenvalue weighted by Crippen LogP contribution is -2.33. The second-order valence-corrected chi connectivity index (χ2v) is 9.00. The zero-order valence-corrected chi connectivity index (χ0v) is 20.6. The van der Waals surface area contributed by atoms with E-state index in [1.54, 1.807) is 6.92 Å². The van der Waals surface area contributed by atoms with Crippen molar-refractivity contribution in [3.05, 3.63) is 83.9 Å². The van der Waals surface area contributed by atoms with Gasteiger partial charge < -0.3 is 24.4 Å². The minimum absolute atomic E-state index is 0.124. The molecule has 3 aromatic rings. The molecule has 8 nitrogen and oxygen atoms in total. The van der Waals surface area contributed by atoms with Crippen LogP contribution in [0.4, 0.5) is 4.39 Å². The summed E-state index contributed by atoms with van der Waals surface area (Å²) in [4.78, 5) is 28.2. The molecule has 2 atom stereocenters.